The molecule has 2 heterocycles. The van der Waals surface area contributed by atoms with Crippen molar-refractivity contribution in [3.63, 3.8) is 0 Å². The molecule has 0 unspecified atom stereocenters. The Kier molecular flexibility index (Phi) is 6.74. The molecule has 0 amide bonds. The predicted octanol–water partition coefficient (Wildman–Crippen LogP) is 5.49. The molecule has 0 fully saturated rings. The highest BCUT2D eigenvalue weighted by atomic mass is 16.5. The lowest BCUT2D eigenvalue weighted by molar-refractivity contribution is -0.137. The normalized spacial score (nSPS) is 17.6. The van der Waals surface area contributed by atoms with Crippen LogP contribution in [0.3, 0.4) is 0 Å². The molecule has 5 rings (SSSR count). The van der Waals surface area contributed by atoms with Crippen LogP contribution in [-0.2, 0) is 9.53 Å². The number of para-hydroxylation sites is 1. The van der Waals surface area contributed by atoms with E-state index in [1.165, 1.54) is 0 Å². The van der Waals surface area contributed by atoms with Crippen molar-refractivity contribution in [2.75, 3.05) is 38.9 Å². The van der Waals surface area contributed by atoms with Gasteiger partial charge in [-0.1, -0.05) is 24.3 Å². The number of nitrogens with one attached hydrogen (secondary N) is 1. The topological polar surface area (TPSA) is 86.3 Å². The van der Waals surface area contributed by atoms with Crippen molar-refractivity contribution in [3.8, 4) is 28.4 Å². The molecule has 2 atom stereocenters. The van der Waals surface area contributed by atoms with Gasteiger partial charge in [0.15, 0.2) is 0 Å². The highest BCUT2D eigenvalue weighted by Crippen LogP contribution is 2.45. The van der Waals surface area contributed by atoms with Gasteiger partial charge in [0.25, 0.3) is 0 Å². The summed E-state index contributed by atoms with van der Waals surface area (Å²) in [5.41, 5.74) is 7.46. The first-order valence-corrected chi connectivity index (χ1v) is 12.2. The standard InChI is InChI=1S/C29H31NO6/c1-17-11-21(34-10-9-33-3)12-18(2)28(17)24-6-4-5-23-25(16-36-29(23)24)30-20-7-8-22-19(13-27(31)32)15-35-26(22)14-20/h4-8,11-12,14,19,25,30H,9-10,13,15-16H2,1-3H3,(H,31,32)/t19-,25-/m1/s1. The van der Waals surface area contributed by atoms with E-state index in [1.54, 1.807) is 7.11 Å². The summed E-state index contributed by atoms with van der Waals surface area (Å²) in [5.74, 6) is 1.57. The zero-order valence-electron chi connectivity index (χ0n) is 20.8. The lowest BCUT2D eigenvalue weighted by Gasteiger charge is -2.17. The van der Waals surface area contributed by atoms with Gasteiger partial charge in [-0.3, -0.25) is 4.79 Å². The van der Waals surface area contributed by atoms with Gasteiger partial charge in [0.2, 0.25) is 0 Å². The Morgan fingerprint density at radius 3 is 2.58 bits per heavy atom. The van der Waals surface area contributed by atoms with Gasteiger partial charge in [-0.05, 0) is 48.7 Å². The molecule has 2 aliphatic heterocycles. The third-order valence-corrected chi connectivity index (χ3v) is 6.80. The lowest BCUT2D eigenvalue weighted by Crippen LogP contribution is -2.11. The summed E-state index contributed by atoms with van der Waals surface area (Å²) < 4.78 is 22.9. The molecule has 3 aromatic carbocycles. The smallest absolute Gasteiger partial charge is 0.304 e. The Morgan fingerprint density at radius 1 is 1.03 bits per heavy atom. The number of anilines is 1. The number of benzene rings is 3. The number of hydrogen-bond acceptors (Lipinski definition) is 6. The van der Waals surface area contributed by atoms with Crippen LogP contribution >= 0.6 is 0 Å². The van der Waals surface area contributed by atoms with Gasteiger partial charge < -0.3 is 29.4 Å². The van der Waals surface area contributed by atoms with Crippen molar-refractivity contribution in [1.82, 2.24) is 0 Å². The van der Waals surface area contributed by atoms with Crippen LogP contribution in [0.15, 0.2) is 48.5 Å². The van der Waals surface area contributed by atoms with E-state index in [9.17, 15) is 4.79 Å². The van der Waals surface area contributed by atoms with E-state index in [0.717, 1.165) is 56.3 Å². The fourth-order valence-corrected chi connectivity index (χ4v) is 5.19. The molecule has 0 saturated carbocycles. The molecule has 3 aromatic rings. The molecule has 2 aliphatic rings. The summed E-state index contributed by atoms with van der Waals surface area (Å²) in [4.78, 5) is 11.1. The molecule has 7 nitrogen and oxygen atoms in total. The summed E-state index contributed by atoms with van der Waals surface area (Å²) in [5, 5.41) is 12.7. The van der Waals surface area contributed by atoms with Gasteiger partial charge in [-0.25, -0.2) is 0 Å². The number of fused-ring (bicyclic) bond motifs is 2. The van der Waals surface area contributed by atoms with Crippen LogP contribution in [0, 0.1) is 13.8 Å². The minimum absolute atomic E-state index is 0.00789. The van der Waals surface area contributed by atoms with E-state index in [4.69, 9.17) is 24.1 Å². The van der Waals surface area contributed by atoms with Gasteiger partial charge in [-0.15, -0.1) is 0 Å². The second kappa shape index (κ2) is 10.1. The molecule has 188 valence electrons. The number of ether oxygens (including phenoxy) is 4. The summed E-state index contributed by atoms with van der Waals surface area (Å²) >= 11 is 0. The number of aryl methyl sites for hydroxylation is 2. The Hall–Kier alpha value is -3.71. The minimum atomic E-state index is -0.812. The average molecular weight is 490 g/mol. The number of methoxy groups -OCH3 is 1. The molecular weight excluding hydrogens is 458 g/mol. The highest BCUT2D eigenvalue weighted by molar-refractivity contribution is 5.79. The van der Waals surface area contributed by atoms with Crippen LogP contribution < -0.4 is 19.5 Å². The average Bonchev–Trinajstić information content (AvgIpc) is 3.43. The van der Waals surface area contributed by atoms with Crippen LogP contribution in [0.4, 0.5) is 5.69 Å². The SMILES string of the molecule is COCCOc1cc(C)c(-c2cccc3c2OC[C@H]3Nc2ccc3c(c2)OC[C@H]3CC(=O)O)c(C)c1. The van der Waals surface area contributed by atoms with Crippen molar-refractivity contribution in [2.45, 2.75) is 32.2 Å². The molecule has 0 aromatic heterocycles. The van der Waals surface area contributed by atoms with E-state index in [-0.39, 0.29) is 18.4 Å². The number of carbonyl (C=O) groups is 1. The molecule has 0 saturated heterocycles. The zero-order chi connectivity index (χ0) is 25.2. The van der Waals surface area contributed by atoms with Crippen molar-refractivity contribution in [1.29, 1.82) is 0 Å². The molecule has 0 spiro atoms. The summed E-state index contributed by atoms with van der Waals surface area (Å²) in [7, 11) is 1.66. The van der Waals surface area contributed by atoms with Gasteiger partial charge in [0, 0.05) is 41.5 Å². The van der Waals surface area contributed by atoms with Crippen molar-refractivity contribution in [3.05, 3.63) is 70.8 Å². The molecule has 36 heavy (non-hydrogen) atoms. The van der Waals surface area contributed by atoms with Crippen molar-refractivity contribution < 1.29 is 28.8 Å². The number of rotatable bonds is 9. The summed E-state index contributed by atoms with van der Waals surface area (Å²) in [6, 6.07) is 16.3. The maximum atomic E-state index is 11.1. The first-order chi connectivity index (χ1) is 17.4. The van der Waals surface area contributed by atoms with Crippen LogP contribution in [-0.4, -0.2) is 44.6 Å². The molecule has 2 N–H and O–H groups in total. The predicted molar refractivity (Wildman–Crippen MR) is 138 cm³/mol. The monoisotopic (exact) mass is 489 g/mol. The zero-order valence-corrected chi connectivity index (χ0v) is 20.8. The van der Waals surface area contributed by atoms with E-state index >= 15 is 0 Å². The third-order valence-electron chi connectivity index (χ3n) is 6.80. The minimum Gasteiger partial charge on any atom is -0.493 e. The number of hydrogen-bond donors (Lipinski definition) is 2. The molecular formula is C29H31NO6. The Bertz CT molecular complexity index is 1260. The van der Waals surface area contributed by atoms with E-state index in [1.807, 2.05) is 18.2 Å². The van der Waals surface area contributed by atoms with E-state index in [0.29, 0.717) is 26.4 Å². The first kappa shape index (κ1) is 24.0. The van der Waals surface area contributed by atoms with Gasteiger partial charge in [-0.2, -0.15) is 0 Å². The first-order valence-electron chi connectivity index (χ1n) is 12.2. The van der Waals surface area contributed by atoms with Gasteiger partial charge in [0.1, 0.15) is 30.5 Å². The quantitative estimate of drug-likeness (QED) is 0.384. The van der Waals surface area contributed by atoms with Crippen molar-refractivity contribution in [2.24, 2.45) is 0 Å². The summed E-state index contributed by atoms with van der Waals surface area (Å²) in [6.07, 6.45) is 0.0749. The second-order valence-corrected chi connectivity index (χ2v) is 9.36. The number of carboxylic acids is 1. The Morgan fingerprint density at radius 2 is 1.83 bits per heavy atom. The number of carboxylic acid groups (broad SMARTS) is 1. The highest BCUT2D eigenvalue weighted by Gasteiger charge is 2.30. The molecule has 0 bridgehead atoms. The Balaban J connectivity index is 1.37. The summed E-state index contributed by atoms with van der Waals surface area (Å²) in [6.45, 7) is 6.17. The van der Waals surface area contributed by atoms with Crippen LogP contribution in [0.2, 0.25) is 0 Å². The fourth-order valence-electron chi connectivity index (χ4n) is 5.19. The Labute approximate surface area is 211 Å². The van der Waals surface area contributed by atoms with Crippen LogP contribution in [0.5, 0.6) is 17.2 Å². The largest absolute Gasteiger partial charge is 0.493 e. The second-order valence-electron chi connectivity index (χ2n) is 9.36. The third kappa shape index (κ3) is 4.71. The maximum absolute atomic E-state index is 11.1. The lowest BCUT2D eigenvalue weighted by atomic mass is 9.92. The van der Waals surface area contributed by atoms with Crippen molar-refractivity contribution >= 4 is 11.7 Å². The van der Waals surface area contributed by atoms with E-state index < -0.39 is 5.97 Å². The number of aliphatic carboxylic acids is 1. The molecule has 0 aliphatic carbocycles. The van der Waals surface area contributed by atoms with Crippen LogP contribution in [0.25, 0.3) is 11.1 Å². The molecule has 7 heteroatoms. The fraction of sp³-hybridized carbons (Fsp3) is 0.345. The van der Waals surface area contributed by atoms with Crippen LogP contribution in [0.1, 0.15) is 40.6 Å². The van der Waals surface area contributed by atoms with E-state index in [2.05, 4.69) is 49.5 Å². The molecule has 0 radical (unpaired) electrons. The maximum Gasteiger partial charge on any atom is 0.304 e. The van der Waals surface area contributed by atoms with Gasteiger partial charge >= 0.3 is 5.97 Å². The van der Waals surface area contributed by atoms with Gasteiger partial charge in [0.05, 0.1) is 25.7 Å².